The lowest BCUT2D eigenvalue weighted by Gasteiger charge is -2.43. The predicted octanol–water partition coefficient (Wildman–Crippen LogP) is 4.56. The van der Waals surface area contributed by atoms with E-state index in [2.05, 4.69) is 13.0 Å². The lowest BCUT2D eigenvalue weighted by molar-refractivity contribution is -0.00579. The average Bonchev–Trinajstić information content (AvgIpc) is 3.04. The van der Waals surface area contributed by atoms with Crippen molar-refractivity contribution in [3.05, 3.63) is 39.2 Å². The molecule has 0 radical (unpaired) electrons. The summed E-state index contributed by atoms with van der Waals surface area (Å²) >= 11 is 0. The number of benzene rings is 1. The van der Waals surface area contributed by atoms with E-state index in [0.29, 0.717) is 5.58 Å². The maximum absolute atomic E-state index is 12.2. The molecule has 1 fully saturated rings. The third kappa shape index (κ3) is 2.13. The topological polar surface area (TPSA) is 39.4 Å². The van der Waals surface area contributed by atoms with Crippen LogP contribution in [0, 0.1) is 5.92 Å². The molecule has 3 nitrogen and oxygen atoms in total. The SMILES string of the molecule is C[C@H]1CCC[C@]2(CCc3cc4c5c(c(=O)oc4cc3O2)CCC5)C1. The van der Waals surface area contributed by atoms with Crippen molar-refractivity contribution in [3.63, 3.8) is 0 Å². The van der Waals surface area contributed by atoms with Gasteiger partial charge in [-0.05, 0) is 74.5 Å². The summed E-state index contributed by atoms with van der Waals surface area (Å²) in [5.74, 6) is 1.69. The van der Waals surface area contributed by atoms with Gasteiger partial charge in [0.1, 0.15) is 16.9 Å². The van der Waals surface area contributed by atoms with E-state index >= 15 is 0 Å². The molecule has 0 amide bonds. The van der Waals surface area contributed by atoms with Crippen molar-refractivity contribution in [1.29, 1.82) is 0 Å². The minimum absolute atomic E-state index is 0.00929. The van der Waals surface area contributed by atoms with Gasteiger partial charge in [-0.15, -0.1) is 0 Å². The molecule has 0 N–H and O–H groups in total. The molecule has 1 aromatic carbocycles. The molecule has 1 saturated carbocycles. The van der Waals surface area contributed by atoms with Crippen molar-refractivity contribution >= 4 is 11.0 Å². The summed E-state index contributed by atoms with van der Waals surface area (Å²) in [5, 5.41) is 1.14. The summed E-state index contributed by atoms with van der Waals surface area (Å²) in [7, 11) is 0. The number of rotatable bonds is 0. The highest BCUT2D eigenvalue weighted by Crippen LogP contribution is 2.45. The van der Waals surface area contributed by atoms with Gasteiger partial charge in [-0.1, -0.05) is 13.3 Å². The molecule has 2 aliphatic carbocycles. The van der Waals surface area contributed by atoms with Gasteiger partial charge in [0.2, 0.25) is 0 Å². The predicted molar refractivity (Wildman–Crippen MR) is 93.8 cm³/mol. The maximum atomic E-state index is 12.2. The van der Waals surface area contributed by atoms with Crippen LogP contribution >= 0.6 is 0 Å². The molecule has 0 unspecified atom stereocenters. The van der Waals surface area contributed by atoms with Crippen LogP contribution in [0.1, 0.15) is 62.1 Å². The summed E-state index contributed by atoms with van der Waals surface area (Å²) in [6.07, 6.45) is 10.0. The minimum Gasteiger partial charge on any atom is -0.487 e. The van der Waals surface area contributed by atoms with Crippen LogP contribution < -0.4 is 10.4 Å². The Morgan fingerprint density at radius 2 is 1.96 bits per heavy atom. The second-order valence-electron chi connectivity index (χ2n) is 8.14. The van der Waals surface area contributed by atoms with Crippen molar-refractivity contribution < 1.29 is 9.15 Å². The minimum atomic E-state index is -0.147. The number of hydrogen-bond acceptors (Lipinski definition) is 3. The fraction of sp³-hybridized carbons (Fsp3) is 0.571. The molecule has 3 heteroatoms. The van der Waals surface area contributed by atoms with Crippen molar-refractivity contribution in [2.24, 2.45) is 5.92 Å². The molecule has 126 valence electrons. The zero-order chi connectivity index (χ0) is 16.3. The Morgan fingerprint density at radius 3 is 2.83 bits per heavy atom. The molecular weight excluding hydrogens is 300 g/mol. The van der Waals surface area contributed by atoms with Crippen molar-refractivity contribution in [1.82, 2.24) is 0 Å². The first-order valence-corrected chi connectivity index (χ1v) is 9.44. The van der Waals surface area contributed by atoms with Crippen LogP contribution in [0.3, 0.4) is 0 Å². The lowest BCUT2D eigenvalue weighted by atomic mass is 9.74. The molecule has 1 aromatic heterocycles. The first kappa shape index (κ1) is 14.6. The van der Waals surface area contributed by atoms with Crippen LogP contribution in [0.25, 0.3) is 11.0 Å². The van der Waals surface area contributed by atoms with Gasteiger partial charge in [0.25, 0.3) is 0 Å². The molecular formula is C21H24O3. The first-order chi connectivity index (χ1) is 11.6. The summed E-state index contributed by atoms with van der Waals surface area (Å²) in [6, 6.07) is 4.22. The van der Waals surface area contributed by atoms with Crippen molar-refractivity contribution in [3.8, 4) is 5.75 Å². The van der Waals surface area contributed by atoms with Crippen LogP contribution in [0.4, 0.5) is 0 Å². The zero-order valence-corrected chi connectivity index (χ0v) is 14.3. The second-order valence-corrected chi connectivity index (χ2v) is 8.14. The Balaban J connectivity index is 1.61. The third-order valence-corrected chi connectivity index (χ3v) is 6.38. The highest BCUT2D eigenvalue weighted by Gasteiger charge is 2.40. The van der Waals surface area contributed by atoms with E-state index in [-0.39, 0.29) is 11.2 Å². The standard InChI is InChI=1S/C21H24O3/c1-13-4-3-8-21(12-13)9-7-14-10-17-15-5-2-6-16(15)20(22)23-19(17)11-18(14)24-21/h10-11,13H,2-9,12H2,1H3/t13-,21-/m0/s1. The highest BCUT2D eigenvalue weighted by molar-refractivity contribution is 5.84. The summed E-state index contributed by atoms with van der Waals surface area (Å²) in [5.41, 5.74) is 3.98. The highest BCUT2D eigenvalue weighted by atomic mass is 16.5. The quantitative estimate of drug-likeness (QED) is 0.667. The molecule has 24 heavy (non-hydrogen) atoms. The molecule has 0 saturated heterocycles. The van der Waals surface area contributed by atoms with Gasteiger partial charge >= 0.3 is 5.63 Å². The average molecular weight is 324 g/mol. The van der Waals surface area contributed by atoms with Gasteiger partial charge in [-0.3, -0.25) is 0 Å². The van der Waals surface area contributed by atoms with Crippen molar-refractivity contribution in [2.45, 2.75) is 70.3 Å². The van der Waals surface area contributed by atoms with Crippen LogP contribution in [0.5, 0.6) is 5.75 Å². The zero-order valence-electron chi connectivity index (χ0n) is 14.3. The lowest BCUT2D eigenvalue weighted by Crippen LogP contribution is -2.43. The molecule has 2 atom stereocenters. The third-order valence-electron chi connectivity index (χ3n) is 6.38. The van der Waals surface area contributed by atoms with Gasteiger partial charge in [-0.25, -0.2) is 4.79 Å². The van der Waals surface area contributed by atoms with Crippen molar-refractivity contribution in [2.75, 3.05) is 0 Å². The molecule has 5 rings (SSSR count). The fourth-order valence-corrected chi connectivity index (χ4v) is 5.22. The fourth-order valence-electron chi connectivity index (χ4n) is 5.22. The molecule has 1 spiro atoms. The van der Waals surface area contributed by atoms with E-state index in [1.165, 1.54) is 24.0 Å². The molecule has 2 aromatic rings. The monoisotopic (exact) mass is 324 g/mol. The summed E-state index contributed by atoms with van der Waals surface area (Å²) in [4.78, 5) is 12.2. The van der Waals surface area contributed by atoms with Gasteiger partial charge < -0.3 is 9.15 Å². The Hall–Kier alpha value is -1.77. The normalized spacial score (nSPS) is 28.6. The van der Waals surface area contributed by atoms with E-state index < -0.39 is 0 Å². The Bertz CT molecular complexity index is 879. The number of fused-ring (bicyclic) bond motifs is 4. The second kappa shape index (κ2) is 5.11. The van der Waals surface area contributed by atoms with Crippen LogP contribution in [0.15, 0.2) is 21.3 Å². The van der Waals surface area contributed by atoms with Gasteiger partial charge in [0.15, 0.2) is 0 Å². The van der Waals surface area contributed by atoms with Gasteiger partial charge in [-0.2, -0.15) is 0 Å². The first-order valence-electron chi connectivity index (χ1n) is 9.44. The van der Waals surface area contributed by atoms with E-state index in [4.69, 9.17) is 9.15 Å². The largest absolute Gasteiger partial charge is 0.487 e. The van der Waals surface area contributed by atoms with E-state index in [9.17, 15) is 4.79 Å². The molecule has 0 bridgehead atoms. The molecule has 2 heterocycles. The summed E-state index contributed by atoms with van der Waals surface area (Å²) < 4.78 is 12.2. The van der Waals surface area contributed by atoms with E-state index in [0.717, 1.165) is 67.6 Å². The van der Waals surface area contributed by atoms with E-state index in [1.807, 2.05) is 6.07 Å². The Kier molecular flexibility index (Phi) is 3.10. The number of aryl methyl sites for hydroxylation is 2. The van der Waals surface area contributed by atoms with Gasteiger partial charge in [0, 0.05) is 17.0 Å². The van der Waals surface area contributed by atoms with Crippen LogP contribution in [-0.4, -0.2) is 5.60 Å². The number of ether oxygens (including phenoxy) is 1. The summed E-state index contributed by atoms with van der Waals surface area (Å²) in [6.45, 7) is 2.34. The maximum Gasteiger partial charge on any atom is 0.339 e. The van der Waals surface area contributed by atoms with E-state index in [1.54, 1.807) is 0 Å². The Morgan fingerprint density at radius 1 is 1.08 bits per heavy atom. The molecule has 3 aliphatic rings. The number of hydrogen-bond donors (Lipinski definition) is 0. The van der Waals surface area contributed by atoms with Crippen LogP contribution in [-0.2, 0) is 19.3 Å². The van der Waals surface area contributed by atoms with Crippen LogP contribution in [0.2, 0.25) is 0 Å². The Labute approximate surface area is 142 Å². The van der Waals surface area contributed by atoms with Gasteiger partial charge in [0.05, 0.1) is 0 Å². The smallest absolute Gasteiger partial charge is 0.339 e. The molecule has 1 aliphatic heterocycles.